The summed E-state index contributed by atoms with van der Waals surface area (Å²) in [5.41, 5.74) is -0.911. The molecule has 5 heteroatoms. The van der Waals surface area contributed by atoms with Crippen molar-refractivity contribution in [3.05, 3.63) is 60.2 Å². The minimum absolute atomic E-state index is 0.00256. The average molecular weight is 295 g/mol. The second kappa shape index (κ2) is 5.78. The molecule has 2 aromatic rings. The van der Waals surface area contributed by atoms with Crippen LogP contribution >= 0.6 is 0 Å². The zero-order valence-electron chi connectivity index (χ0n) is 11.7. The molecule has 0 saturated carbocycles. The third kappa shape index (κ3) is 2.72. The lowest BCUT2D eigenvalue weighted by Gasteiger charge is -2.32. The van der Waals surface area contributed by atoms with Gasteiger partial charge in [0.05, 0.1) is 5.56 Å². The highest BCUT2D eigenvalue weighted by molar-refractivity contribution is 5.89. The van der Waals surface area contributed by atoms with Gasteiger partial charge in [-0.05, 0) is 24.3 Å². The quantitative estimate of drug-likeness (QED) is 0.814. The number of benzene rings is 2. The largest absolute Gasteiger partial charge is 0.484 e. The van der Waals surface area contributed by atoms with Crippen molar-refractivity contribution in [2.24, 2.45) is 0 Å². The van der Waals surface area contributed by atoms with Gasteiger partial charge in [-0.25, -0.2) is 4.79 Å². The first-order valence-electron chi connectivity index (χ1n) is 6.77. The van der Waals surface area contributed by atoms with E-state index in [1.165, 1.54) is 0 Å². The third-order valence-corrected chi connectivity index (χ3v) is 3.26. The lowest BCUT2D eigenvalue weighted by molar-refractivity contribution is -0.0234. The second-order valence-corrected chi connectivity index (χ2v) is 4.89. The van der Waals surface area contributed by atoms with Crippen molar-refractivity contribution in [3.8, 4) is 17.6 Å². The minimum Gasteiger partial charge on any atom is -0.484 e. The molecular weight excluding hydrogens is 282 g/mol. The molecule has 0 fully saturated rings. The minimum atomic E-state index is -1.33. The highest BCUT2D eigenvalue weighted by Crippen LogP contribution is 2.34. The van der Waals surface area contributed by atoms with Crippen LogP contribution in [0.1, 0.15) is 10.4 Å². The predicted molar refractivity (Wildman–Crippen MR) is 77.6 cm³/mol. The molecule has 1 heterocycles. The third-order valence-electron chi connectivity index (χ3n) is 3.26. The van der Waals surface area contributed by atoms with Crippen molar-refractivity contribution in [2.45, 2.75) is 5.60 Å². The van der Waals surface area contributed by atoms with Crippen molar-refractivity contribution in [1.82, 2.24) is 0 Å². The molecule has 110 valence electrons. The lowest BCUT2D eigenvalue weighted by atomic mass is 10.1. The Labute approximate surface area is 127 Å². The van der Waals surface area contributed by atoms with Gasteiger partial charge in [-0.2, -0.15) is 5.26 Å². The van der Waals surface area contributed by atoms with E-state index >= 15 is 0 Å². The van der Waals surface area contributed by atoms with Crippen LogP contribution in [0.15, 0.2) is 54.6 Å². The molecule has 0 radical (unpaired) electrons. The second-order valence-electron chi connectivity index (χ2n) is 4.89. The van der Waals surface area contributed by atoms with Crippen LogP contribution in [0.4, 0.5) is 0 Å². The normalized spacial score (nSPS) is 19.0. The SMILES string of the molecule is N#CC1(COC(=O)c2ccccc2)COc2ccccc2O1. The Morgan fingerprint density at radius 1 is 1.14 bits per heavy atom. The summed E-state index contributed by atoms with van der Waals surface area (Å²) in [6, 6.07) is 17.7. The maximum Gasteiger partial charge on any atom is 0.338 e. The number of carbonyl (C=O) groups is 1. The van der Waals surface area contributed by atoms with E-state index < -0.39 is 11.6 Å². The molecule has 22 heavy (non-hydrogen) atoms. The number of carbonyl (C=O) groups excluding carboxylic acids is 1. The summed E-state index contributed by atoms with van der Waals surface area (Å²) in [6.07, 6.45) is 0. The number of esters is 1. The summed E-state index contributed by atoms with van der Waals surface area (Å²) in [4.78, 5) is 12.0. The zero-order chi connectivity index (χ0) is 15.4. The van der Waals surface area contributed by atoms with Crippen molar-refractivity contribution in [1.29, 1.82) is 5.26 Å². The molecule has 0 aliphatic carbocycles. The highest BCUT2D eigenvalue weighted by Gasteiger charge is 2.40. The molecule has 1 aliphatic heterocycles. The average Bonchev–Trinajstić information content (AvgIpc) is 2.60. The molecule has 2 aromatic carbocycles. The first kappa shape index (κ1) is 14.0. The van der Waals surface area contributed by atoms with E-state index in [9.17, 15) is 10.1 Å². The number of para-hydroxylation sites is 2. The number of hydrogen-bond acceptors (Lipinski definition) is 5. The lowest BCUT2D eigenvalue weighted by Crippen LogP contribution is -2.48. The van der Waals surface area contributed by atoms with Crippen molar-refractivity contribution < 1.29 is 19.0 Å². The summed E-state index contributed by atoms with van der Waals surface area (Å²) in [5, 5.41) is 9.40. The van der Waals surface area contributed by atoms with E-state index in [0.717, 1.165) is 0 Å². The first-order chi connectivity index (χ1) is 10.7. The van der Waals surface area contributed by atoms with E-state index in [0.29, 0.717) is 17.1 Å². The molecule has 0 saturated heterocycles. The van der Waals surface area contributed by atoms with Crippen molar-refractivity contribution >= 4 is 5.97 Å². The molecule has 0 amide bonds. The Balaban J connectivity index is 1.71. The number of rotatable bonds is 3. The maximum absolute atomic E-state index is 12.0. The van der Waals surface area contributed by atoms with E-state index in [2.05, 4.69) is 0 Å². The van der Waals surface area contributed by atoms with Crippen LogP contribution in [-0.2, 0) is 4.74 Å². The molecule has 1 atom stereocenters. The van der Waals surface area contributed by atoms with E-state index in [1.807, 2.05) is 18.2 Å². The number of nitrogens with zero attached hydrogens (tertiary/aromatic N) is 1. The van der Waals surface area contributed by atoms with Gasteiger partial charge >= 0.3 is 5.97 Å². The Hall–Kier alpha value is -3.00. The van der Waals surface area contributed by atoms with Crippen LogP contribution in [-0.4, -0.2) is 24.8 Å². The van der Waals surface area contributed by atoms with Crippen LogP contribution in [0.2, 0.25) is 0 Å². The summed E-state index contributed by atoms with van der Waals surface area (Å²) in [7, 11) is 0. The van der Waals surface area contributed by atoms with E-state index in [4.69, 9.17) is 14.2 Å². The molecule has 0 N–H and O–H groups in total. The zero-order valence-corrected chi connectivity index (χ0v) is 11.7. The topological polar surface area (TPSA) is 68.5 Å². The Morgan fingerprint density at radius 2 is 1.82 bits per heavy atom. The fraction of sp³-hybridized carbons (Fsp3) is 0.176. The van der Waals surface area contributed by atoms with Crippen LogP contribution in [0.5, 0.6) is 11.5 Å². The smallest absolute Gasteiger partial charge is 0.338 e. The Bertz CT molecular complexity index is 723. The molecule has 0 aromatic heterocycles. The molecule has 5 nitrogen and oxygen atoms in total. The monoisotopic (exact) mass is 295 g/mol. The van der Waals surface area contributed by atoms with Gasteiger partial charge in [-0.3, -0.25) is 0 Å². The summed E-state index contributed by atoms with van der Waals surface area (Å²) in [6.45, 7) is -0.200. The van der Waals surface area contributed by atoms with Gasteiger partial charge in [0, 0.05) is 0 Å². The van der Waals surface area contributed by atoms with Crippen LogP contribution < -0.4 is 9.47 Å². The number of fused-ring (bicyclic) bond motifs is 1. The predicted octanol–water partition coefficient (Wildman–Crippen LogP) is 2.58. The Kier molecular flexibility index (Phi) is 3.67. The highest BCUT2D eigenvalue weighted by atomic mass is 16.6. The molecule has 1 aliphatic rings. The molecule has 1 unspecified atom stereocenters. The first-order valence-corrected chi connectivity index (χ1v) is 6.77. The van der Waals surface area contributed by atoms with Gasteiger partial charge in [0.2, 0.25) is 0 Å². The fourth-order valence-electron chi connectivity index (χ4n) is 2.09. The molecule has 3 rings (SSSR count). The number of ether oxygens (including phenoxy) is 3. The fourth-order valence-corrected chi connectivity index (χ4v) is 2.09. The molecular formula is C17H13NO4. The molecule has 0 bridgehead atoms. The van der Waals surface area contributed by atoms with E-state index in [1.54, 1.807) is 42.5 Å². The van der Waals surface area contributed by atoms with E-state index in [-0.39, 0.29) is 13.2 Å². The number of nitriles is 1. The van der Waals surface area contributed by atoms with Gasteiger partial charge < -0.3 is 14.2 Å². The van der Waals surface area contributed by atoms with Crippen molar-refractivity contribution in [2.75, 3.05) is 13.2 Å². The summed E-state index contributed by atoms with van der Waals surface area (Å²) >= 11 is 0. The summed E-state index contributed by atoms with van der Waals surface area (Å²) < 4.78 is 16.4. The Morgan fingerprint density at radius 3 is 2.55 bits per heavy atom. The maximum atomic E-state index is 12.0. The van der Waals surface area contributed by atoms with Crippen molar-refractivity contribution in [3.63, 3.8) is 0 Å². The van der Waals surface area contributed by atoms with Crippen LogP contribution in [0, 0.1) is 11.3 Å². The van der Waals surface area contributed by atoms with Gasteiger partial charge in [0.1, 0.15) is 19.3 Å². The van der Waals surface area contributed by atoms with Crippen LogP contribution in [0.25, 0.3) is 0 Å². The summed E-state index contributed by atoms with van der Waals surface area (Å²) in [5.74, 6) is 0.534. The van der Waals surface area contributed by atoms with Gasteiger partial charge in [0.15, 0.2) is 11.5 Å². The molecule has 0 spiro atoms. The van der Waals surface area contributed by atoms with Gasteiger partial charge in [0.25, 0.3) is 5.60 Å². The standard InChI is InChI=1S/C17H13NO4/c18-10-17(11-20-14-8-4-5-9-15(14)22-17)12-21-16(19)13-6-2-1-3-7-13/h1-9H,11-12H2. The van der Waals surface area contributed by atoms with Gasteiger partial charge in [-0.1, -0.05) is 30.3 Å². The van der Waals surface area contributed by atoms with Gasteiger partial charge in [-0.15, -0.1) is 0 Å². The number of hydrogen-bond donors (Lipinski definition) is 0. The van der Waals surface area contributed by atoms with Crippen LogP contribution in [0.3, 0.4) is 0 Å².